The molecule has 0 saturated heterocycles. The highest BCUT2D eigenvalue weighted by Crippen LogP contribution is 2.28. The van der Waals surface area contributed by atoms with Crippen molar-refractivity contribution in [1.29, 1.82) is 0 Å². The Hall–Kier alpha value is -0.610. The number of aromatic nitrogens is 1. The Morgan fingerprint density at radius 1 is 1.58 bits per heavy atom. The fourth-order valence-electron chi connectivity index (χ4n) is 1.06. The fourth-order valence-corrected chi connectivity index (χ4v) is 2.68. The molecular formula is C8H6BrNOS. The number of thiophene rings is 1. The van der Waals surface area contributed by atoms with Gasteiger partial charge in [0.25, 0.3) is 5.56 Å². The third-order valence-corrected chi connectivity index (χ3v) is 3.63. The molecule has 0 bridgehead atoms. The SMILES string of the molecule is Cn1cc2scc(Br)c2cc1=O. The Labute approximate surface area is 81.6 Å². The zero-order valence-corrected chi connectivity index (χ0v) is 8.78. The summed E-state index contributed by atoms with van der Waals surface area (Å²) >= 11 is 5.02. The van der Waals surface area contributed by atoms with Crippen molar-refractivity contribution in [1.82, 2.24) is 4.57 Å². The minimum atomic E-state index is 0.0293. The van der Waals surface area contributed by atoms with E-state index in [1.54, 1.807) is 29.0 Å². The van der Waals surface area contributed by atoms with Crippen molar-refractivity contribution in [2.24, 2.45) is 7.05 Å². The van der Waals surface area contributed by atoms with Crippen LogP contribution in [0.2, 0.25) is 0 Å². The summed E-state index contributed by atoms with van der Waals surface area (Å²) in [5, 5.41) is 2.99. The molecule has 0 aliphatic rings. The first-order valence-corrected chi connectivity index (χ1v) is 5.09. The highest BCUT2D eigenvalue weighted by Gasteiger charge is 2.02. The van der Waals surface area contributed by atoms with Crippen molar-refractivity contribution in [2.45, 2.75) is 0 Å². The van der Waals surface area contributed by atoms with E-state index in [9.17, 15) is 4.79 Å². The molecule has 0 spiro atoms. The van der Waals surface area contributed by atoms with Crippen LogP contribution in [0.15, 0.2) is 26.9 Å². The molecule has 0 N–H and O–H groups in total. The Morgan fingerprint density at radius 2 is 2.33 bits per heavy atom. The topological polar surface area (TPSA) is 22.0 Å². The summed E-state index contributed by atoms with van der Waals surface area (Å²) in [6, 6.07) is 1.65. The molecule has 62 valence electrons. The number of rotatable bonds is 0. The summed E-state index contributed by atoms with van der Waals surface area (Å²) in [4.78, 5) is 11.2. The Balaban J connectivity index is 2.97. The van der Waals surface area contributed by atoms with Crippen LogP contribution < -0.4 is 5.56 Å². The number of pyridine rings is 1. The number of hydrogen-bond donors (Lipinski definition) is 0. The highest BCUT2D eigenvalue weighted by molar-refractivity contribution is 9.10. The average molecular weight is 244 g/mol. The zero-order chi connectivity index (χ0) is 8.72. The van der Waals surface area contributed by atoms with Gasteiger partial charge in [-0.1, -0.05) is 0 Å². The molecule has 4 heteroatoms. The fraction of sp³-hybridized carbons (Fsp3) is 0.125. The second-order valence-electron chi connectivity index (χ2n) is 2.58. The van der Waals surface area contributed by atoms with E-state index < -0.39 is 0 Å². The standard InChI is InChI=1S/C8H6BrNOS/c1-10-3-7-5(2-8(10)11)6(9)4-12-7/h2-4H,1H3. The normalized spacial score (nSPS) is 10.8. The summed E-state index contributed by atoms with van der Waals surface area (Å²) < 4.78 is 3.72. The molecule has 0 atom stereocenters. The molecule has 0 radical (unpaired) electrons. The van der Waals surface area contributed by atoms with Gasteiger partial charge in [-0.2, -0.15) is 0 Å². The second kappa shape index (κ2) is 2.71. The smallest absolute Gasteiger partial charge is 0.250 e. The van der Waals surface area contributed by atoms with Gasteiger partial charge < -0.3 is 4.57 Å². The lowest BCUT2D eigenvalue weighted by Gasteiger charge is -1.95. The van der Waals surface area contributed by atoms with Crippen LogP contribution in [0.4, 0.5) is 0 Å². The summed E-state index contributed by atoms with van der Waals surface area (Å²) in [6.07, 6.45) is 1.85. The van der Waals surface area contributed by atoms with Gasteiger partial charge in [0.2, 0.25) is 0 Å². The minimum absolute atomic E-state index is 0.0293. The van der Waals surface area contributed by atoms with E-state index >= 15 is 0 Å². The minimum Gasteiger partial charge on any atom is -0.317 e. The van der Waals surface area contributed by atoms with Crippen molar-refractivity contribution in [3.8, 4) is 0 Å². The van der Waals surface area contributed by atoms with E-state index in [4.69, 9.17) is 0 Å². The van der Waals surface area contributed by atoms with Crippen LogP contribution in [0, 0.1) is 0 Å². The van der Waals surface area contributed by atoms with Gasteiger partial charge in [0, 0.05) is 34.5 Å². The van der Waals surface area contributed by atoms with Gasteiger partial charge in [0.05, 0.1) is 4.70 Å². The average Bonchev–Trinajstić information content (AvgIpc) is 2.35. The predicted octanol–water partition coefficient (Wildman–Crippen LogP) is 2.36. The van der Waals surface area contributed by atoms with Crippen LogP contribution in [0.3, 0.4) is 0 Å². The third-order valence-electron chi connectivity index (χ3n) is 1.74. The van der Waals surface area contributed by atoms with E-state index in [2.05, 4.69) is 15.9 Å². The van der Waals surface area contributed by atoms with Gasteiger partial charge in [-0.3, -0.25) is 4.79 Å². The van der Waals surface area contributed by atoms with Crippen molar-refractivity contribution >= 4 is 37.4 Å². The van der Waals surface area contributed by atoms with Crippen molar-refractivity contribution < 1.29 is 0 Å². The number of halogens is 1. The van der Waals surface area contributed by atoms with Crippen LogP contribution in [-0.4, -0.2) is 4.57 Å². The van der Waals surface area contributed by atoms with Gasteiger partial charge in [-0.25, -0.2) is 0 Å². The quantitative estimate of drug-likeness (QED) is 0.697. The monoisotopic (exact) mass is 243 g/mol. The molecule has 0 unspecified atom stereocenters. The van der Waals surface area contributed by atoms with Crippen molar-refractivity contribution in [3.05, 3.63) is 32.5 Å². The number of aryl methyl sites for hydroxylation is 1. The van der Waals surface area contributed by atoms with E-state index in [-0.39, 0.29) is 5.56 Å². The molecule has 2 rings (SSSR count). The maximum atomic E-state index is 11.2. The molecule has 12 heavy (non-hydrogen) atoms. The molecular weight excluding hydrogens is 238 g/mol. The van der Waals surface area contributed by atoms with Crippen LogP contribution in [-0.2, 0) is 7.05 Å². The first-order valence-electron chi connectivity index (χ1n) is 3.42. The van der Waals surface area contributed by atoms with Gasteiger partial charge >= 0.3 is 0 Å². The lowest BCUT2D eigenvalue weighted by atomic mass is 10.3. The van der Waals surface area contributed by atoms with Gasteiger partial charge in [-0.05, 0) is 15.9 Å². The first kappa shape index (κ1) is 8.01. The van der Waals surface area contributed by atoms with E-state index in [0.717, 1.165) is 14.6 Å². The van der Waals surface area contributed by atoms with Crippen LogP contribution in [0.5, 0.6) is 0 Å². The Morgan fingerprint density at radius 3 is 3.08 bits per heavy atom. The molecule has 0 aliphatic heterocycles. The summed E-state index contributed by atoms with van der Waals surface area (Å²) in [7, 11) is 1.76. The summed E-state index contributed by atoms with van der Waals surface area (Å²) in [5.74, 6) is 0. The molecule has 2 nitrogen and oxygen atoms in total. The Bertz CT molecular complexity index is 485. The zero-order valence-electron chi connectivity index (χ0n) is 6.37. The lowest BCUT2D eigenvalue weighted by molar-refractivity contribution is 0.872. The second-order valence-corrected chi connectivity index (χ2v) is 4.35. The van der Waals surface area contributed by atoms with Gasteiger partial charge in [0.1, 0.15) is 0 Å². The molecule has 2 aromatic heterocycles. The highest BCUT2D eigenvalue weighted by atomic mass is 79.9. The molecule has 0 aliphatic carbocycles. The predicted molar refractivity (Wildman–Crippen MR) is 54.8 cm³/mol. The van der Waals surface area contributed by atoms with E-state index in [0.29, 0.717) is 0 Å². The number of nitrogens with zero attached hydrogens (tertiary/aromatic N) is 1. The molecule has 0 amide bonds. The largest absolute Gasteiger partial charge is 0.317 e. The first-order chi connectivity index (χ1) is 5.68. The maximum Gasteiger partial charge on any atom is 0.250 e. The van der Waals surface area contributed by atoms with Crippen molar-refractivity contribution in [2.75, 3.05) is 0 Å². The van der Waals surface area contributed by atoms with Crippen LogP contribution in [0.25, 0.3) is 10.1 Å². The molecule has 2 heterocycles. The molecule has 0 saturated carbocycles. The summed E-state index contributed by atoms with van der Waals surface area (Å²) in [6.45, 7) is 0. The third kappa shape index (κ3) is 1.11. The maximum absolute atomic E-state index is 11.2. The van der Waals surface area contributed by atoms with E-state index in [1.807, 2.05) is 11.6 Å². The molecule has 0 fully saturated rings. The number of fused-ring (bicyclic) bond motifs is 1. The molecule has 0 aromatic carbocycles. The van der Waals surface area contributed by atoms with Gasteiger partial charge in [-0.15, -0.1) is 11.3 Å². The van der Waals surface area contributed by atoms with E-state index in [1.165, 1.54) is 0 Å². The van der Waals surface area contributed by atoms with Crippen molar-refractivity contribution in [3.63, 3.8) is 0 Å². The summed E-state index contributed by atoms with van der Waals surface area (Å²) in [5.41, 5.74) is 0.0293. The van der Waals surface area contributed by atoms with Gasteiger partial charge in [0.15, 0.2) is 0 Å². The van der Waals surface area contributed by atoms with Crippen LogP contribution >= 0.6 is 27.3 Å². The Kier molecular flexibility index (Phi) is 1.81. The lowest BCUT2D eigenvalue weighted by Crippen LogP contribution is -2.13. The van der Waals surface area contributed by atoms with Crippen LogP contribution in [0.1, 0.15) is 0 Å². The molecule has 2 aromatic rings. The number of hydrogen-bond acceptors (Lipinski definition) is 2.